The van der Waals surface area contributed by atoms with Gasteiger partial charge in [0.25, 0.3) is 5.56 Å². The summed E-state index contributed by atoms with van der Waals surface area (Å²) in [5.41, 5.74) is 3.53. The third-order valence-electron chi connectivity index (χ3n) is 5.31. The highest BCUT2D eigenvalue weighted by atomic mass is 16.5. The zero-order valence-corrected chi connectivity index (χ0v) is 18.2. The fraction of sp³-hybridized carbons (Fsp3) is 0.231. The van der Waals surface area contributed by atoms with Crippen molar-refractivity contribution in [3.63, 3.8) is 0 Å². The van der Waals surface area contributed by atoms with Gasteiger partial charge in [0.1, 0.15) is 5.75 Å². The van der Waals surface area contributed by atoms with E-state index in [0.29, 0.717) is 17.7 Å². The summed E-state index contributed by atoms with van der Waals surface area (Å²) in [6, 6.07) is 23.0. The van der Waals surface area contributed by atoms with Gasteiger partial charge in [-0.25, -0.2) is 4.68 Å². The molecule has 6 heteroatoms. The number of methoxy groups -OCH3 is 1. The van der Waals surface area contributed by atoms with Crippen LogP contribution in [-0.4, -0.2) is 34.7 Å². The monoisotopic (exact) mass is 430 g/mol. The van der Waals surface area contributed by atoms with Crippen molar-refractivity contribution in [1.29, 1.82) is 0 Å². The Morgan fingerprint density at radius 2 is 1.66 bits per heavy atom. The number of hydrogen-bond donors (Lipinski definition) is 1. The van der Waals surface area contributed by atoms with Gasteiger partial charge in [-0.15, -0.1) is 0 Å². The van der Waals surface area contributed by atoms with Crippen LogP contribution in [0.15, 0.2) is 77.6 Å². The number of hydrogen-bond acceptors (Lipinski definition) is 5. The first kappa shape index (κ1) is 21.7. The summed E-state index contributed by atoms with van der Waals surface area (Å²) in [5.74, 6) is 0.778. The number of aliphatic hydroxyl groups is 1. The number of aromatic nitrogens is 2. The minimum Gasteiger partial charge on any atom is -0.497 e. The highest BCUT2D eigenvalue weighted by Crippen LogP contribution is 2.25. The molecule has 0 amide bonds. The van der Waals surface area contributed by atoms with Gasteiger partial charge in [0.05, 0.1) is 44.1 Å². The Morgan fingerprint density at radius 1 is 0.969 bits per heavy atom. The van der Waals surface area contributed by atoms with Crippen LogP contribution in [0.3, 0.4) is 0 Å². The lowest BCUT2D eigenvalue weighted by molar-refractivity contribution is 0.0181. The van der Waals surface area contributed by atoms with Crippen molar-refractivity contribution in [1.82, 2.24) is 9.78 Å². The minimum absolute atomic E-state index is 0.0468. The molecule has 0 saturated carbocycles. The summed E-state index contributed by atoms with van der Waals surface area (Å²) in [6.45, 7) is 2.52. The number of nitrogens with zero attached hydrogens (tertiary/aromatic N) is 2. The van der Waals surface area contributed by atoms with Crippen molar-refractivity contribution in [2.24, 2.45) is 0 Å². The fourth-order valence-electron chi connectivity index (χ4n) is 3.57. The first-order valence-corrected chi connectivity index (χ1v) is 10.5. The molecule has 4 rings (SSSR count). The van der Waals surface area contributed by atoms with Crippen LogP contribution in [0.2, 0.25) is 0 Å². The molecule has 0 spiro atoms. The maximum Gasteiger partial charge on any atom is 0.274 e. The van der Waals surface area contributed by atoms with Crippen LogP contribution in [0, 0.1) is 6.92 Å². The number of fused-ring (bicyclic) bond motifs is 1. The molecule has 0 unspecified atom stereocenters. The quantitative estimate of drug-likeness (QED) is 0.458. The SMILES string of the molecule is COc1ccc(COC[C@@H](O)Cn2nc(-c3ccc(C)cc3)c3ccccc3c2=O)cc1. The Kier molecular flexibility index (Phi) is 6.63. The topological polar surface area (TPSA) is 73.6 Å². The molecule has 0 radical (unpaired) electrons. The summed E-state index contributed by atoms with van der Waals surface area (Å²) in [6.07, 6.45) is -0.870. The van der Waals surface area contributed by atoms with E-state index in [1.54, 1.807) is 13.2 Å². The van der Waals surface area contributed by atoms with Crippen molar-refractivity contribution in [3.05, 3.63) is 94.3 Å². The van der Waals surface area contributed by atoms with E-state index >= 15 is 0 Å². The zero-order chi connectivity index (χ0) is 22.5. The van der Waals surface area contributed by atoms with Crippen molar-refractivity contribution in [2.45, 2.75) is 26.2 Å². The first-order chi connectivity index (χ1) is 15.5. The molecule has 1 atom stereocenters. The summed E-state index contributed by atoms with van der Waals surface area (Å²) in [7, 11) is 1.62. The van der Waals surface area contributed by atoms with Crippen molar-refractivity contribution in [2.75, 3.05) is 13.7 Å². The fourth-order valence-corrected chi connectivity index (χ4v) is 3.57. The van der Waals surface area contributed by atoms with Crippen LogP contribution in [0.1, 0.15) is 11.1 Å². The molecule has 0 bridgehead atoms. The van der Waals surface area contributed by atoms with E-state index in [9.17, 15) is 9.90 Å². The molecule has 1 aromatic heterocycles. The molecule has 0 aliphatic rings. The number of ether oxygens (including phenoxy) is 2. The Morgan fingerprint density at radius 3 is 2.34 bits per heavy atom. The van der Waals surface area contributed by atoms with Crippen molar-refractivity contribution < 1.29 is 14.6 Å². The standard InChI is InChI=1S/C26H26N2O4/c1-18-7-11-20(12-8-18)25-23-5-3-4-6-24(23)26(30)28(27-25)15-21(29)17-32-16-19-9-13-22(31-2)14-10-19/h3-14,21,29H,15-17H2,1-2H3/t21-/m0/s1. The molecule has 0 aliphatic carbocycles. The Bertz CT molecular complexity index is 1250. The van der Waals surface area contributed by atoms with Gasteiger partial charge in [-0.1, -0.05) is 60.2 Å². The van der Waals surface area contributed by atoms with E-state index in [2.05, 4.69) is 5.10 Å². The number of rotatable bonds is 8. The number of aliphatic hydroxyl groups excluding tert-OH is 1. The highest BCUT2D eigenvalue weighted by molar-refractivity contribution is 5.93. The van der Waals surface area contributed by atoms with Gasteiger partial charge in [0.2, 0.25) is 0 Å². The van der Waals surface area contributed by atoms with Crippen molar-refractivity contribution in [3.8, 4) is 17.0 Å². The van der Waals surface area contributed by atoms with E-state index in [0.717, 1.165) is 27.8 Å². The van der Waals surface area contributed by atoms with E-state index in [1.807, 2.05) is 73.7 Å². The Balaban J connectivity index is 1.52. The van der Waals surface area contributed by atoms with E-state index in [4.69, 9.17) is 9.47 Å². The maximum atomic E-state index is 13.0. The minimum atomic E-state index is -0.870. The number of aryl methyl sites for hydroxylation is 1. The third-order valence-corrected chi connectivity index (χ3v) is 5.31. The van der Waals surface area contributed by atoms with Crippen LogP contribution in [0.25, 0.3) is 22.0 Å². The molecule has 32 heavy (non-hydrogen) atoms. The second-order valence-electron chi connectivity index (χ2n) is 7.76. The average molecular weight is 431 g/mol. The number of benzene rings is 3. The van der Waals surface area contributed by atoms with E-state index in [1.165, 1.54) is 4.68 Å². The van der Waals surface area contributed by atoms with Crippen LogP contribution in [0.4, 0.5) is 0 Å². The Labute approximate surface area is 186 Å². The first-order valence-electron chi connectivity index (χ1n) is 10.5. The molecular formula is C26H26N2O4. The van der Waals surface area contributed by atoms with E-state index < -0.39 is 6.10 Å². The van der Waals surface area contributed by atoms with Crippen LogP contribution >= 0.6 is 0 Å². The zero-order valence-electron chi connectivity index (χ0n) is 18.2. The van der Waals surface area contributed by atoms with Crippen LogP contribution in [0.5, 0.6) is 5.75 Å². The second kappa shape index (κ2) is 9.77. The van der Waals surface area contributed by atoms with Gasteiger partial charge in [-0.05, 0) is 30.7 Å². The lowest BCUT2D eigenvalue weighted by atomic mass is 10.0. The predicted octanol–water partition coefficient (Wildman–Crippen LogP) is 3.96. The highest BCUT2D eigenvalue weighted by Gasteiger charge is 2.15. The molecule has 0 fully saturated rings. The van der Waals surface area contributed by atoms with Gasteiger partial charge < -0.3 is 14.6 Å². The largest absolute Gasteiger partial charge is 0.497 e. The molecule has 0 aliphatic heterocycles. The van der Waals surface area contributed by atoms with Gasteiger partial charge in [0, 0.05) is 10.9 Å². The summed E-state index contributed by atoms with van der Waals surface area (Å²) in [5, 5.41) is 16.5. The molecule has 1 N–H and O–H groups in total. The van der Waals surface area contributed by atoms with Gasteiger partial charge in [0.15, 0.2) is 0 Å². The second-order valence-corrected chi connectivity index (χ2v) is 7.76. The summed E-state index contributed by atoms with van der Waals surface area (Å²) < 4.78 is 12.1. The van der Waals surface area contributed by atoms with E-state index in [-0.39, 0.29) is 18.7 Å². The Hall–Kier alpha value is -3.48. The van der Waals surface area contributed by atoms with Gasteiger partial charge >= 0.3 is 0 Å². The van der Waals surface area contributed by atoms with Gasteiger partial charge in [-0.3, -0.25) is 4.79 Å². The molecule has 0 saturated heterocycles. The normalized spacial score (nSPS) is 12.1. The molecule has 164 valence electrons. The average Bonchev–Trinajstić information content (AvgIpc) is 2.82. The molecule has 4 aromatic rings. The lowest BCUT2D eigenvalue weighted by Crippen LogP contribution is -2.31. The third kappa shape index (κ3) is 4.88. The summed E-state index contributed by atoms with van der Waals surface area (Å²) in [4.78, 5) is 13.0. The summed E-state index contributed by atoms with van der Waals surface area (Å²) >= 11 is 0. The molecular weight excluding hydrogens is 404 g/mol. The van der Waals surface area contributed by atoms with Crippen LogP contribution in [-0.2, 0) is 17.9 Å². The van der Waals surface area contributed by atoms with Crippen LogP contribution < -0.4 is 10.3 Å². The molecule has 6 nitrogen and oxygen atoms in total. The predicted molar refractivity (Wildman–Crippen MR) is 125 cm³/mol. The molecule has 1 heterocycles. The maximum absolute atomic E-state index is 13.0. The lowest BCUT2D eigenvalue weighted by Gasteiger charge is -2.15. The van der Waals surface area contributed by atoms with Gasteiger partial charge in [-0.2, -0.15) is 5.10 Å². The van der Waals surface area contributed by atoms with Crippen molar-refractivity contribution >= 4 is 10.8 Å². The smallest absolute Gasteiger partial charge is 0.274 e. The molecule has 3 aromatic carbocycles.